The second kappa shape index (κ2) is 6.27. The highest BCUT2D eigenvalue weighted by molar-refractivity contribution is 5.17. The SMILES string of the molecule is OC1([C@@H]2C=CO[C@@H]3CO[C@@H](c4ccccc4)O[C@@H]23)CCCCC1. The second-order valence-corrected chi connectivity index (χ2v) is 6.87. The molecule has 1 saturated heterocycles. The van der Waals surface area contributed by atoms with E-state index in [0.717, 1.165) is 31.2 Å². The topological polar surface area (TPSA) is 47.9 Å². The van der Waals surface area contributed by atoms with Gasteiger partial charge in [0, 0.05) is 11.5 Å². The molecule has 124 valence electrons. The number of rotatable bonds is 2. The Morgan fingerprint density at radius 3 is 2.61 bits per heavy atom. The molecule has 4 rings (SSSR count). The van der Waals surface area contributed by atoms with Gasteiger partial charge < -0.3 is 19.3 Å². The molecule has 1 saturated carbocycles. The summed E-state index contributed by atoms with van der Waals surface area (Å²) in [5.74, 6) is -0.0309. The molecule has 23 heavy (non-hydrogen) atoms. The normalized spacial score (nSPS) is 36.0. The van der Waals surface area contributed by atoms with Crippen molar-refractivity contribution in [2.75, 3.05) is 6.61 Å². The lowest BCUT2D eigenvalue weighted by Crippen LogP contribution is -2.55. The van der Waals surface area contributed by atoms with Gasteiger partial charge in [-0.1, -0.05) is 49.6 Å². The van der Waals surface area contributed by atoms with E-state index in [2.05, 4.69) is 0 Å². The summed E-state index contributed by atoms with van der Waals surface area (Å²) >= 11 is 0. The molecule has 2 heterocycles. The first-order valence-electron chi connectivity index (χ1n) is 8.63. The maximum Gasteiger partial charge on any atom is 0.184 e. The summed E-state index contributed by atoms with van der Waals surface area (Å²) in [5.41, 5.74) is 0.329. The lowest BCUT2D eigenvalue weighted by atomic mass is 9.71. The van der Waals surface area contributed by atoms with E-state index in [1.54, 1.807) is 6.26 Å². The molecule has 0 unspecified atom stereocenters. The minimum Gasteiger partial charge on any atom is -0.493 e. The van der Waals surface area contributed by atoms with Gasteiger partial charge in [-0.15, -0.1) is 0 Å². The van der Waals surface area contributed by atoms with Crippen molar-refractivity contribution >= 4 is 0 Å². The molecule has 0 bridgehead atoms. The lowest BCUT2D eigenvalue weighted by molar-refractivity contribution is -0.283. The van der Waals surface area contributed by atoms with E-state index in [1.165, 1.54) is 6.42 Å². The standard InChI is InChI=1S/C19H24O4/c20-19(10-5-2-6-11-19)15-9-12-21-16-13-22-18(23-17(15)16)14-7-3-1-4-8-14/h1,3-4,7-9,12,15-18,20H,2,5-6,10-11,13H2/t15-,16-,17+,18-/m1/s1. The quantitative estimate of drug-likeness (QED) is 0.909. The fourth-order valence-corrected chi connectivity index (χ4v) is 4.09. The molecule has 0 spiro atoms. The Hall–Kier alpha value is -1.36. The van der Waals surface area contributed by atoms with Gasteiger partial charge in [-0.2, -0.15) is 0 Å². The highest BCUT2D eigenvalue weighted by Gasteiger charge is 2.49. The summed E-state index contributed by atoms with van der Waals surface area (Å²) in [4.78, 5) is 0. The summed E-state index contributed by atoms with van der Waals surface area (Å²) in [6.45, 7) is 0.487. The minimum atomic E-state index is -0.681. The molecule has 3 aliphatic rings. The van der Waals surface area contributed by atoms with Crippen LogP contribution in [0, 0.1) is 5.92 Å². The predicted molar refractivity (Wildman–Crippen MR) is 85.5 cm³/mol. The predicted octanol–water partition coefficient (Wildman–Crippen LogP) is 3.32. The largest absolute Gasteiger partial charge is 0.493 e. The van der Waals surface area contributed by atoms with Crippen molar-refractivity contribution in [1.82, 2.24) is 0 Å². The highest BCUT2D eigenvalue weighted by atomic mass is 16.7. The highest BCUT2D eigenvalue weighted by Crippen LogP contribution is 2.43. The molecule has 2 aliphatic heterocycles. The van der Waals surface area contributed by atoms with Gasteiger partial charge in [0.1, 0.15) is 12.2 Å². The molecule has 4 nitrogen and oxygen atoms in total. The van der Waals surface area contributed by atoms with Gasteiger partial charge in [-0.25, -0.2) is 0 Å². The van der Waals surface area contributed by atoms with Crippen molar-refractivity contribution in [2.45, 2.75) is 56.2 Å². The average Bonchev–Trinajstić information content (AvgIpc) is 2.62. The first kappa shape index (κ1) is 15.2. The molecule has 1 aromatic carbocycles. The first-order valence-corrected chi connectivity index (χ1v) is 8.63. The van der Waals surface area contributed by atoms with Gasteiger partial charge in [0.15, 0.2) is 6.29 Å². The maximum atomic E-state index is 11.2. The maximum absolute atomic E-state index is 11.2. The Morgan fingerprint density at radius 2 is 1.83 bits per heavy atom. The zero-order valence-corrected chi connectivity index (χ0v) is 13.3. The number of ether oxygens (including phenoxy) is 3. The second-order valence-electron chi connectivity index (χ2n) is 6.87. The van der Waals surface area contributed by atoms with Crippen molar-refractivity contribution in [3.8, 4) is 0 Å². The fourth-order valence-electron chi connectivity index (χ4n) is 4.09. The summed E-state index contributed by atoms with van der Waals surface area (Å²) in [6, 6.07) is 9.97. The van der Waals surface area contributed by atoms with E-state index in [9.17, 15) is 5.11 Å². The minimum absolute atomic E-state index is 0.0309. The molecule has 0 radical (unpaired) electrons. The number of hydrogen-bond donors (Lipinski definition) is 1. The van der Waals surface area contributed by atoms with E-state index in [0.29, 0.717) is 6.61 Å². The van der Waals surface area contributed by atoms with Crippen molar-refractivity contribution in [3.63, 3.8) is 0 Å². The molecular weight excluding hydrogens is 292 g/mol. The van der Waals surface area contributed by atoms with Crippen LogP contribution in [0.15, 0.2) is 42.7 Å². The zero-order chi connectivity index (χ0) is 15.7. The Morgan fingerprint density at radius 1 is 1.04 bits per heavy atom. The molecule has 0 amide bonds. The third kappa shape index (κ3) is 2.91. The van der Waals surface area contributed by atoms with Crippen LogP contribution in [-0.2, 0) is 14.2 Å². The summed E-state index contributed by atoms with van der Waals surface area (Å²) in [6.07, 6.45) is 8.06. The van der Waals surface area contributed by atoms with Crippen LogP contribution in [0.1, 0.15) is 44.0 Å². The van der Waals surface area contributed by atoms with Crippen LogP contribution in [-0.4, -0.2) is 29.5 Å². The van der Waals surface area contributed by atoms with Gasteiger partial charge in [0.25, 0.3) is 0 Å². The monoisotopic (exact) mass is 316 g/mol. The summed E-state index contributed by atoms with van der Waals surface area (Å²) < 4.78 is 17.8. The Kier molecular flexibility index (Phi) is 4.14. The molecule has 0 aromatic heterocycles. The average molecular weight is 316 g/mol. The zero-order valence-electron chi connectivity index (χ0n) is 13.3. The number of fused-ring (bicyclic) bond motifs is 1. The third-order valence-electron chi connectivity index (χ3n) is 5.36. The van der Waals surface area contributed by atoms with Crippen LogP contribution in [0.5, 0.6) is 0 Å². The van der Waals surface area contributed by atoms with Crippen LogP contribution in [0.3, 0.4) is 0 Å². The Balaban J connectivity index is 1.56. The first-order chi connectivity index (χ1) is 11.3. The molecular formula is C19H24O4. The van der Waals surface area contributed by atoms with Crippen molar-refractivity contribution < 1.29 is 19.3 Å². The van der Waals surface area contributed by atoms with E-state index in [1.807, 2.05) is 36.4 Å². The van der Waals surface area contributed by atoms with Crippen LogP contribution in [0.2, 0.25) is 0 Å². The van der Waals surface area contributed by atoms with Gasteiger partial charge in [0.05, 0.1) is 18.5 Å². The van der Waals surface area contributed by atoms with E-state index in [-0.39, 0.29) is 24.4 Å². The molecule has 4 atom stereocenters. The smallest absolute Gasteiger partial charge is 0.184 e. The van der Waals surface area contributed by atoms with Crippen molar-refractivity contribution in [2.24, 2.45) is 5.92 Å². The molecule has 2 fully saturated rings. The van der Waals surface area contributed by atoms with Crippen LogP contribution in [0.25, 0.3) is 0 Å². The van der Waals surface area contributed by atoms with Crippen LogP contribution < -0.4 is 0 Å². The number of aliphatic hydroxyl groups is 1. The van der Waals surface area contributed by atoms with Gasteiger partial charge >= 0.3 is 0 Å². The van der Waals surface area contributed by atoms with Gasteiger partial charge in [-0.05, 0) is 18.9 Å². The van der Waals surface area contributed by atoms with Gasteiger partial charge in [0.2, 0.25) is 0 Å². The fraction of sp³-hybridized carbons (Fsp3) is 0.579. The lowest BCUT2D eigenvalue weighted by Gasteiger charge is -2.47. The Labute approximate surface area is 137 Å². The third-order valence-corrected chi connectivity index (χ3v) is 5.36. The van der Waals surface area contributed by atoms with Crippen molar-refractivity contribution in [3.05, 3.63) is 48.2 Å². The van der Waals surface area contributed by atoms with E-state index < -0.39 is 5.60 Å². The molecule has 4 heteroatoms. The molecule has 1 aliphatic carbocycles. The van der Waals surface area contributed by atoms with Crippen LogP contribution in [0.4, 0.5) is 0 Å². The van der Waals surface area contributed by atoms with Crippen LogP contribution >= 0.6 is 0 Å². The number of benzene rings is 1. The van der Waals surface area contributed by atoms with Crippen molar-refractivity contribution in [1.29, 1.82) is 0 Å². The summed E-state index contributed by atoms with van der Waals surface area (Å²) in [5, 5.41) is 11.2. The number of hydrogen-bond acceptors (Lipinski definition) is 4. The van der Waals surface area contributed by atoms with E-state index in [4.69, 9.17) is 14.2 Å². The van der Waals surface area contributed by atoms with E-state index >= 15 is 0 Å². The molecule has 1 N–H and O–H groups in total. The Bertz CT molecular complexity index is 550. The summed E-state index contributed by atoms with van der Waals surface area (Å²) in [7, 11) is 0. The molecule has 1 aromatic rings. The van der Waals surface area contributed by atoms with Gasteiger partial charge in [-0.3, -0.25) is 0 Å².